The van der Waals surface area contributed by atoms with E-state index in [2.05, 4.69) is 15.5 Å². The third kappa shape index (κ3) is 2.67. The van der Waals surface area contributed by atoms with E-state index in [0.717, 1.165) is 24.4 Å². The van der Waals surface area contributed by atoms with E-state index >= 15 is 0 Å². The number of hydrogen-bond donors (Lipinski definition) is 1. The summed E-state index contributed by atoms with van der Waals surface area (Å²) in [5, 5.41) is 11.5. The largest absolute Gasteiger partial charge is 0.312 e. The second kappa shape index (κ2) is 5.79. The van der Waals surface area contributed by atoms with Crippen LogP contribution in [-0.2, 0) is 13.0 Å². The zero-order valence-corrected chi connectivity index (χ0v) is 11.0. The molecule has 0 aliphatic carbocycles. The third-order valence-corrected chi connectivity index (χ3v) is 3.18. The molecular weight excluding hydrogens is 255 g/mol. The minimum Gasteiger partial charge on any atom is -0.312 e. The molecule has 0 amide bonds. The van der Waals surface area contributed by atoms with Gasteiger partial charge >= 0.3 is 0 Å². The number of nitrogens with one attached hydrogen (secondary N) is 1. The molecule has 3 aromatic rings. The molecule has 0 radical (unpaired) electrons. The SMILES string of the molecule is Fc1ccccc1CNCCc1nnc2ccccn12. The average molecular weight is 270 g/mol. The van der Waals surface area contributed by atoms with Gasteiger partial charge in [0, 0.05) is 31.3 Å². The van der Waals surface area contributed by atoms with Gasteiger partial charge in [0.05, 0.1) is 0 Å². The van der Waals surface area contributed by atoms with Crippen LogP contribution in [0.25, 0.3) is 5.65 Å². The number of halogens is 1. The van der Waals surface area contributed by atoms with Crippen molar-refractivity contribution in [2.75, 3.05) is 6.54 Å². The van der Waals surface area contributed by atoms with Gasteiger partial charge in [0.2, 0.25) is 0 Å². The van der Waals surface area contributed by atoms with Crippen LogP contribution >= 0.6 is 0 Å². The van der Waals surface area contributed by atoms with Gasteiger partial charge in [0.1, 0.15) is 11.6 Å². The summed E-state index contributed by atoms with van der Waals surface area (Å²) in [5.74, 6) is 0.731. The smallest absolute Gasteiger partial charge is 0.160 e. The van der Waals surface area contributed by atoms with Crippen LogP contribution in [0.4, 0.5) is 4.39 Å². The van der Waals surface area contributed by atoms with Gasteiger partial charge in [0.25, 0.3) is 0 Å². The van der Waals surface area contributed by atoms with Gasteiger partial charge in [-0.3, -0.25) is 4.40 Å². The van der Waals surface area contributed by atoms with E-state index < -0.39 is 0 Å². The lowest BCUT2D eigenvalue weighted by atomic mass is 10.2. The van der Waals surface area contributed by atoms with E-state index in [1.165, 1.54) is 6.07 Å². The van der Waals surface area contributed by atoms with Crippen LogP contribution in [0, 0.1) is 5.82 Å². The molecule has 1 N–H and O–H groups in total. The van der Waals surface area contributed by atoms with Crippen LogP contribution < -0.4 is 5.32 Å². The summed E-state index contributed by atoms with van der Waals surface area (Å²) in [4.78, 5) is 0. The second-order valence-electron chi connectivity index (χ2n) is 4.56. The normalized spacial score (nSPS) is 11.1. The predicted molar refractivity (Wildman–Crippen MR) is 74.8 cm³/mol. The van der Waals surface area contributed by atoms with Gasteiger partial charge in [-0.2, -0.15) is 0 Å². The van der Waals surface area contributed by atoms with Crippen molar-refractivity contribution in [2.45, 2.75) is 13.0 Å². The van der Waals surface area contributed by atoms with E-state index in [4.69, 9.17) is 0 Å². The van der Waals surface area contributed by atoms with Gasteiger partial charge in [-0.15, -0.1) is 10.2 Å². The number of hydrogen-bond acceptors (Lipinski definition) is 3. The summed E-state index contributed by atoms with van der Waals surface area (Å²) < 4.78 is 15.4. The van der Waals surface area contributed by atoms with Crippen LogP contribution in [0.5, 0.6) is 0 Å². The predicted octanol–water partition coefficient (Wildman–Crippen LogP) is 2.20. The highest BCUT2D eigenvalue weighted by atomic mass is 19.1. The Kier molecular flexibility index (Phi) is 3.69. The Morgan fingerprint density at radius 3 is 2.80 bits per heavy atom. The highest BCUT2D eigenvalue weighted by Crippen LogP contribution is 2.06. The van der Waals surface area contributed by atoms with Crippen molar-refractivity contribution in [3.8, 4) is 0 Å². The second-order valence-corrected chi connectivity index (χ2v) is 4.56. The van der Waals surface area contributed by atoms with Crippen molar-refractivity contribution in [2.24, 2.45) is 0 Å². The Morgan fingerprint density at radius 2 is 1.90 bits per heavy atom. The summed E-state index contributed by atoms with van der Waals surface area (Å²) in [7, 11) is 0. The molecule has 0 aliphatic rings. The van der Waals surface area contributed by atoms with Crippen molar-refractivity contribution in [3.05, 3.63) is 65.9 Å². The lowest BCUT2D eigenvalue weighted by Crippen LogP contribution is -2.18. The zero-order chi connectivity index (χ0) is 13.8. The Bertz CT molecular complexity index is 708. The highest BCUT2D eigenvalue weighted by molar-refractivity contribution is 5.37. The van der Waals surface area contributed by atoms with E-state index in [9.17, 15) is 4.39 Å². The number of rotatable bonds is 5. The number of benzene rings is 1. The molecule has 0 fully saturated rings. The molecule has 4 nitrogen and oxygen atoms in total. The van der Waals surface area contributed by atoms with E-state index in [-0.39, 0.29) is 5.82 Å². The first-order valence-electron chi connectivity index (χ1n) is 6.57. The van der Waals surface area contributed by atoms with Crippen LogP contribution in [0.15, 0.2) is 48.7 Å². The Morgan fingerprint density at radius 1 is 1.05 bits per heavy atom. The molecular formula is C15H15FN4. The molecule has 102 valence electrons. The maximum absolute atomic E-state index is 13.4. The van der Waals surface area contributed by atoms with E-state index in [1.54, 1.807) is 12.1 Å². The quantitative estimate of drug-likeness (QED) is 0.723. The molecule has 0 bridgehead atoms. The van der Waals surface area contributed by atoms with Gasteiger partial charge in [-0.05, 0) is 18.2 Å². The topological polar surface area (TPSA) is 42.2 Å². The summed E-state index contributed by atoms with van der Waals surface area (Å²) in [6, 6.07) is 12.6. The van der Waals surface area contributed by atoms with Gasteiger partial charge in [-0.1, -0.05) is 24.3 Å². The number of fused-ring (bicyclic) bond motifs is 1. The number of nitrogens with zero attached hydrogens (tertiary/aromatic N) is 3. The average Bonchev–Trinajstić information content (AvgIpc) is 2.89. The summed E-state index contributed by atoms with van der Waals surface area (Å²) in [6.45, 7) is 1.24. The summed E-state index contributed by atoms with van der Waals surface area (Å²) >= 11 is 0. The first-order chi connectivity index (χ1) is 9.84. The number of pyridine rings is 1. The highest BCUT2D eigenvalue weighted by Gasteiger charge is 2.04. The molecule has 3 rings (SSSR count). The minimum absolute atomic E-state index is 0.173. The van der Waals surface area contributed by atoms with Crippen molar-refractivity contribution in [3.63, 3.8) is 0 Å². The molecule has 0 saturated carbocycles. The maximum Gasteiger partial charge on any atom is 0.160 e. The van der Waals surface area contributed by atoms with Crippen molar-refractivity contribution in [1.82, 2.24) is 19.9 Å². The first kappa shape index (κ1) is 12.7. The fourth-order valence-corrected chi connectivity index (χ4v) is 2.13. The molecule has 2 aromatic heterocycles. The lowest BCUT2D eigenvalue weighted by Gasteiger charge is -2.05. The van der Waals surface area contributed by atoms with Crippen LogP contribution in [0.2, 0.25) is 0 Å². The van der Waals surface area contributed by atoms with E-state index in [1.807, 2.05) is 34.9 Å². The molecule has 5 heteroatoms. The molecule has 0 atom stereocenters. The zero-order valence-electron chi connectivity index (χ0n) is 11.0. The Hall–Kier alpha value is -2.27. The van der Waals surface area contributed by atoms with Gasteiger partial charge < -0.3 is 5.32 Å². The van der Waals surface area contributed by atoms with Gasteiger partial charge in [0.15, 0.2) is 5.65 Å². The Balaban J connectivity index is 1.57. The van der Waals surface area contributed by atoms with E-state index in [0.29, 0.717) is 12.1 Å². The fraction of sp³-hybridized carbons (Fsp3) is 0.200. The van der Waals surface area contributed by atoms with Crippen molar-refractivity contribution in [1.29, 1.82) is 0 Å². The molecule has 0 spiro atoms. The fourth-order valence-electron chi connectivity index (χ4n) is 2.13. The minimum atomic E-state index is -0.173. The van der Waals surface area contributed by atoms with Crippen molar-refractivity contribution < 1.29 is 4.39 Å². The molecule has 2 heterocycles. The molecule has 20 heavy (non-hydrogen) atoms. The maximum atomic E-state index is 13.4. The molecule has 0 saturated heterocycles. The van der Waals surface area contributed by atoms with Crippen LogP contribution in [-0.4, -0.2) is 21.1 Å². The molecule has 0 aliphatic heterocycles. The standard InChI is InChI=1S/C15H15FN4/c16-13-6-2-1-5-12(13)11-17-9-8-15-19-18-14-7-3-4-10-20(14)15/h1-7,10,17H,8-9,11H2. The lowest BCUT2D eigenvalue weighted by molar-refractivity contribution is 0.586. The third-order valence-electron chi connectivity index (χ3n) is 3.18. The van der Waals surface area contributed by atoms with Crippen LogP contribution in [0.3, 0.4) is 0 Å². The van der Waals surface area contributed by atoms with Gasteiger partial charge in [-0.25, -0.2) is 4.39 Å². The summed E-state index contributed by atoms with van der Waals surface area (Å²) in [6.07, 6.45) is 2.70. The molecule has 0 unspecified atom stereocenters. The molecule has 1 aromatic carbocycles. The monoisotopic (exact) mass is 270 g/mol. The van der Waals surface area contributed by atoms with Crippen molar-refractivity contribution >= 4 is 5.65 Å². The van der Waals surface area contributed by atoms with Crippen LogP contribution in [0.1, 0.15) is 11.4 Å². The first-order valence-corrected chi connectivity index (χ1v) is 6.57. The number of aromatic nitrogens is 3. The summed E-state index contributed by atoms with van der Waals surface area (Å²) in [5.41, 5.74) is 1.52. The Labute approximate surface area is 116 Å².